The summed E-state index contributed by atoms with van der Waals surface area (Å²) in [7, 11) is 0. The lowest BCUT2D eigenvalue weighted by Crippen LogP contribution is -2.45. The molecule has 1 fully saturated rings. The zero-order valence-corrected chi connectivity index (χ0v) is 15.0. The third-order valence-corrected chi connectivity index (χ3v) is 5.93. The van der Waals surface area contributed by atoms with Gasteiger partial charge in [-0.15, -0.1) is 11.3 Å². The van der Waals surface area contributed by atoms with Crippen molar-refractivity contribution in [3.05, 3.63) is 51.2 Å². The number of hydrogen-bond donors (Lipinski definition) is 1. The molecule has 8 heteroatoms. The molecule has 0 saturated carbocycles. The number of rotatable bonds is 4. The minimum atomic E-state index is -4.31. The van der Waals surface area contributed by atoms with E-state index in [0.29, 0.717) is 9.90 Å². The first-order valence-corrected chi connectivity index (χ1v) is 9.50. The summed E-state index contributed by atoms with van der Waals surface area (Å²) in [6, 6.07) is 10.3. The van der Waals surface area contributed by atoms with Gasteiger partial charge in [0, 0.05) is 36.0 Å². The van der Waals surface area contributed by atoms with Crippen LogP contribution in [-0.2, 0) is 0 Å². The van der Waals surface area contributed by atoms with Crippen molar-refractivity contribution in [2.24, 2.45) is 0 Å². The zero-order valence-electron chi connectivity index (χ0n) is 12.6. The second-order valence-corrected chi connectivity index (χ2v) is 8.27. The zero-order chi connectivity index (χ0) is 17.2. The van der Waals surface area contributed by atoms with E-state index in [1.54, 1.807) is 24.3 Å². The number of nitrogens with one attached hydrogen (secondary N) is 1. The van der Waals surface area contributed by atoms with Gasteiger partial charge in [-0.3, -0.25) is 4.90 Å². The van der Waals surface area contributed by atoms with Crippen LogP contribution in [0.3, 0.4) is 0 Å². The van der Waals surface area contributed by atoms with E-state index in [2.05, 4.69) is 10.2 Å². The van der Waals surface area contributed by atoms with Crippen molar-refractivity contribution < 1.29 is 13.2 Å². The molecule has 1 aromatic carbocycles. The summed E-state index contributed by atoms with van der Waals surface area (Å²) < 4.78 is 39.5. The Hall–Kier alpha value is -0.730. The molecule has 0 spiro atoms. The minimum Gasteiger partial charge on any atom is -0.314 e. The van der Waals surface area contributed by atoms with Gasteiger partial charge in [0.15, 0.2) is 0 Å². The Bertz CT molecular complexity index is 684. The fourth-order valence-corrected chi connectivity index (χ4v) is 4.78. The van der Waals surface area contributed by atoms with Gasteiger partial charge in [0.1, 0.15) is 0 Å². The lowest BCUT2D eigenvalue weighted by Gasteiger charge is -2.35. The standard InChI is InChI=1S/C16H16ClF3N2S2/c17-14-6-5-13(23-14)15(22-9-7-21-8-10-22)11-3-1-2-4-12(11)24-16(18,19)20/h1-6,15,21H,7-10H2/t15-/m1/s1. The molecule has 3 rings (SSSR count). The highest BCUT2D eigenvalue weighted by Gasteiger charge is 2.33. The molecule has 1 saturated heterocycles. The molecule has 24 heavy (non-hydrogen) atoms. The molecule has 0 radical (unpaired) electrons. The van der Waals surface area contributed by atoms with Crippen LogP contribution in [0.4, 0.5) is 13.2 Å². The van der Waals surface area contributed by atoms with Crippen molar-refractivity contribution in [1.29, 1.82) is 0 Å². The van der Waals surface area contributed by atoms with Crippen LogP contribution >= 0.6 is 34.7 Å². The average Bonchev–Trinajstić information content (AvgIpc) is 2.95. The van der Waals surface area contributed by atoms with Gasteiger partial charge in [-0.2, -0.15) is 13.2 Å². The topological polar surface area (TPSA) is 15.3 Å². The maximum atomic E-state index is 13.0. The van der Waals surface area contributed by atoms with Crippen LogP contribution in [-0.4, -0.2) is 36.6 Å². The van der Waals surface area contributed by atoms with Gasteiger partial charge in [-0.1, -0.05) is 29.8 Å². The highest BCUT2D eigenvalue weighted by molar-refractivity contribution is 8.00. The van der Waals surface area contributed by atoms with E-state index < -0.39 is 5.51 Å². The highest BCUT2D eigenvalue weighted by Crippen LogP contribution is 2.44. The Morgan fingerprint density at radius 2 is 1.83 bits per heavy atom. The quantitative estimate of drug-likeness (QED) is 0.736. The van der Waals surface area contributed by atoms with Crippen molar-refractivity contribution in [2.45, 2.75) is 16.4 Å². The Balaban J connectivity index is 2.02. The van der Waals surface area contributed by atoms with Gasteiger partial charge in [0.05, 0.1) is 10.4 Å². The molecule has 0 amide bonds. The van der Waals surface area contributed by atoms with Crippen LogP contribution in [0.1, 0.15) is 16.5 Å². The molecule has 0 bridgehead atoms. The van der Waals surface area contributed by atoms with Gasteiger partial charge in [0.25, 0.3) is 0 Å². The summed E-state index contributed by atoms with van der Waals surface area (Å²) in [5.41, 5.74) is -3.63. The Kier molecular flexibility index (Phi) is 5.77. The van der Waals surface area contributed by atoms with Crippen molar-refractivity contribution in [2.75, 3.05) is 26.2 Å². The maximum absolute atomic E-state index is 13.0. The van der Waals surface area contributed by atoms with Crippen molar-refractivity contribution in [1.82, 2.24) is 10.2 Å². The first kappa shape index (κ1) is 18.1. The Labute approximate surface area is 152 Å². The molecule has 130 valence electrons. The number of hydrogen-bond acceptors (Lipinski definition) is 4. The molecular formula is C16H16ClF3N2S2. The summed E-state index contributed by atoms with van der Waals surface area (Å²) in [5, 5.41) is 3.28. The summed E-state index contributed by atoms with van der Waals surface area (Å²) in [6.45, 7) is 3.21. The lowest BCUT2D eigenvalue weighted by atomic mass is 10.0. The van der Waals surface area contributed by atoms with E-state index in [1.807, 2.05) is 6.07 Å². The first-order chi connectivity index (χ1) is 11.4. The SMILES string of the molecule is FC(F)(F)Sc1ccccc1[C@H](c1ccc(Cl)s1)N1CCNCC1. The number of thioether (sulfide) groups is 1. The minimum absolute atomic E-state index is 0.0495. The fraction of sp³-hybridized carbons (Fsp3) is 0.375. The predicted molar refractivity (Wildman–Crippen MR) is 94.0 cm³/mol. The van der Waals surface area contributed by atoms with Crippen molar-refractivity contribution in [3.63, 3.8) is 0 Å². The second kappa shape index (κ2) is 7.66. The average molecular weight is 393 g/mol. The van der Waals surface area contributed by atoms with Crippen LogP contribution < -0.4 is 5.32 Å². The van der Waals surface area contributed by atoms with Gasteiger partial charge >= 0.3 is 5.51 Å². The molecule has 2 nitrogen and oxygen atoms in total. The largest absolute Gasteiger partial charge is 0.446 e. The summed E-state index contributed by atoms with van der Waals surface area (Å²) in [6.07, 6.45) is 0. The van der Waals surface area contributed by atoms with Crippen LogP contribution in [0.25, 0.3) is 0 Å². The molecular weight excluding hydrogens is 377 g/mol. The molecule has 1 aromatic heterocycles. The fourth-order valence-electron chi connectivity index (χ4n) is 2.87. The number of benzene rings is 1. The number of piperazine rings is 1. The van der Waals surface area contributed by atoms with E-state index in [4.69, 9.17) is 11.6 Å². The molecule has 1 atom stereocenters. The number of halogens is 4. The lowest BCUT2D eigenvalue weighted by molar-refractivity contribution is -0.0328. The molecule has 0 unspecified atom stereocenters. The van der Waals surface area contributed by atoms with Crippen molar-refractivity contribution in [3.8, 4) is 0 Å². The third-order valence-electron chi connectivity index (χ3n) is 3.82. The summed E-state index contributed by atoms with van der Waals surface area (Å²) in [4.78, 5) is 3.43. The smallest absolute Gasteiger partial charge is 0.314 e. The van der Waals surface area contributed by atoms with E-state index in [9.17, 15) is 13.2 Å². The van der Waals surface area contributed by atoms with Crippen LogP contribution in [0.15, 0.2) is 41.3 Å². The molecule has 2 heterocycles. The highest BCUT2D eigenvalue weighted by atomic mass is 35.5. The van der Waals surface area contributed by atoms with Gasteiger partial charge in [0.2, 0.25) is 0 Å². The Morgan fingerprint density at radius 1 is 1.12 bits per heavy atom. The van der Waals surface area contributed by atoms with E-state index >= 15 is 0 Å². The summed E-state index contributed by atoms with van der Waals surface area (Å²) >= 11 is 7.45. The number of nitrogens with zero attached hydrogens (tertiary/aromatic N) is 1. The monoisotopic (exact) mass is 392 g/mol. The predicted octanol–water partition coefficient (Wildman–Crippen LogP) is 5.01. The normalized spacial score (nSPS) is 17.8. The third kappa shape index (κ3) is 4.46. The van der Waals surface area contributed by atoms with Gasteiger partial charge < -0.3 is 5.32 Å². The molecule has 0 aliphatic carbocycles. The van der Waals surface area contributed by atoms with Gasteiger partial charge in [-0.25, -0.2) is 0 Å². The van der Waals surface area contributed by atoms with E-state index in [0.717, 1.165) is 31.1 Å². The second-order valence-electron chi connectivity index (χ2n) is 5.42. The van der Waals surface area contributed by atoms with Gasteiger partial charge in [-0.05, 0) is 35.5 Å². The van der Waals surface area contributed by atoms with Crippen LogP contribution in [0.5, 0.6) is 0 Å². The molecule has 2 aromatic rings. The summed E-state index contributed by atoms with van der Waals surface area (Å²) in [5.74, 6) is 0. The maximum Gasteiger partial charge on any atom is 0.446 e. The molecule has 1 aliphatic heterocycles. The van der Waals surface area contributed by atoms with Crippen molar-refractivity contribution >= 4 is 34.7 Å². The van der Waals surface area contributed by atoms with E-state index in [-0.39, 0.29) is 22.7 Å². The Morgan fingerprint density at radius 3 is 2.46 bits per heavy atom. The number of thiophene rings is 1. The van der Waals surface area contributed by atoms with Crippen LogP contribution in [0, 0.1) is 0 Å². The molecule has 1 N–H and O–H groups in total. The first-order valence-electron chi connectivity index (χ1n) is 7.49. The van der Waals surface area contributed by atoms with E-state index in [1.165, 1.54) is 17.4 Å². The number of alkyl halides is 3. The molecule has 1 aliphatic rings. The van der Waals surface area contributed by atoms with Crippen LogP contribution in [0.2, 0.25) is 4.34 Å².